The van der Waals surface area contributed by atoms with Gasteiger partial charge in [-0.1, -0.05) is 34.6 Å². The summed E-state index contributed by atoms with van der Waals surface area (Å²) in [7, 11) is 0. The molecule has 1 fully saturated rings. The summed E-state index contributed by atoms with van der Waals surface area (Å²) in [6, 6.07) is 0. The Morgan fingerprint density at radius 2 is 1.58 bits per heavy atom. The Hall–Kier alpha value is -0.0400. The molecule has 12 heavy (non-hydrogen) atoms. The molecule has 0 atom stereocenters. The summed E-state index contributed by atoms with van der Waals surface area (Å²) < 4.78 is 0. The van der Waals surface area contributed by atoms with E-state index in [2.05, 4.69) is 34.6 Å². The first-order valence-electron chi connectivity index (χ1n) is 4.93. The normalized spacial score (nSPS) is 26.5. The lowest BCUT2D eigenvalue weighted by molar-refractivity contribution is -0.0886. The SMILES string of the molecule is CC1(C)CC(CN)(C(C)(C)C)C1. The van der Waals surface area contributed by atoms with Gasteiger partial charge in [-0.2, -0.15) is 0 Å². The smallest absolute Gasteiger partial charge is 0.00151 e. The summed E-state index contributed by atoms with van der Waals surface area (Å²) >= 11 is 0. The minimum atomic E-state index is 0.372. The van der Waals surface area contributed by atoms with E-state index < -0.39 is 0 Å². The monoisotopic (exact) mass is 169 g/mol. The summed E-state index contributed by atoms with van der Waals surface area (Å²) in [5.41, 5.74) is 7.20. The van der Waals surface area contributed by atoms with E-state index in [0.717, 1.165) is 6.54 Å². The van der Waals surface area contributed by atoms with Crippen molar-refractivity contribution < 1.29 is 0 Å². The molecule has 0 aromatic heterocycles. The molecule has 0 heterocycles. The average Bonchev–Trinajstić information content (AvgIpc) is 1.78. The van der Waals surface area contributed by atoms with Crippen LogP contribution in [0, 0.1) is 16.2 Å². The summed E-state index contributed by atoms with van der Waals surface area (Å²) in [5.74, 6) is 0. The minimum absolute atomic E-state index is 0.372. The fourth-order valence-corrected chi connectivity index (χ4v) is 2.76. The summed E-state index contributed by atoms with van der Waals surface area (Å²) in [6.07, 6.45) is 2.58. The van der Waals surface area contributed by atoms with Crippen LogP contribution in [0.1, 0.15) is 47.5 Å². The second-order valence-corrected chi connectivity index (χ2v) is 6.25. The van der Waals surface area contributed by atoms with Crippen LogP contribution in [0.2, 0.25) is 0 Å². The quantitative estimate of drug-likeness (QED) is 0.642. The lowest BCUT2D eigenvalue weighted by Gasteiger charge is -2.60. The largest absolute Gasteiger partial charge is 0.330 e. The van der Waals surface area contributed by atoms with Gasteiger partial charge in [0.1, 0.15) is 0 Å². The zero-order valence-corrected chi connectivity index (χ0v) is 9.20. The predicted molar refractivity (Wildman–Crippen MR) is 54.0 cm³/mol. The molecule has 1 aliphatic carbocycles. The maximum absolute atomic E-state index is 5.88. The van der Waals surface area contributed by atoms with Crippen LogP contribution in [0.4, 0.5) is 0 Å². The van der Waals surface area contributed by atoms with Crippen LogP contribution in [0.3, 0.4) is 0 Å². The van der Waals surface area contributed by atoms with Crippen molar-refractivity contribution in [2.24, 2.45) is 22.0 Å². The molecule has 1 heteroatoms. The maximum Gasteiger partial charge on any atom is -0.00151 e. The first-order chi connectivity index (χ1) is 5.22. The maximum atomic E-state index is 5.88. The van der Waals surface area contributed by atoms with Crippen molar-refractivity contribution >= 4 is 0 Å². The molecule has 1 rings (SSSR count). The highest BCUT2D eigenvalue weighted by Gasteiger charge is 2.54. The second kappa shape index (κ2) is 2.47. The first kappa shape index (κ1) is 10.0. The van der Waals surface area contributed by atoms with Gasteiger partial charge in [-0.15, -0.1) is 0 Å². The van der Waals surface area contributed by atoms with Crippen molar-refractivity contribution in [1.29, 1.82) is 0 Å². The third-order valence-electron chi connectivity index (χ3n) is 3.62. The number of hydrogen-bond acceptors (Lipinski definition) is 1. The van der Waals surface area contributed by atoms with Crippen LogP contribution in [0.5, 0.6) is 0 Å². The van der Waals surface area contributed by atoms with E-state index in [1.54, 1.807) is 0 Å². The molecule has 0 aliphatic heterocycles. The Morgan fingerprint density at radius 1 is 1.17 bits per heavy atom. The lowest BCUT2D eigenvalue weighted by Crippen LogP contribution is -2.55. The highest BCUT2D eigenvalue weighted by molar-refractivity contribution is 5.05. The third kappa shape index (κ3) is 1.39. The Labute approximate surface area is 76.7 Å². The van der Waals surface area contributed by atoms with Crippen molar-refractivity contribution in [3.05, 3.63) is 0 Å². The topological polar surface area (TPSA) is 26.0 Å². The van der Waals surface area contributed by atoms with Gasteiger partial charge in [0.05, 0.1) is 0 Å². The highest BCUT2D eigenvalue weighted by Crippen LogP contribution is 2.61. The molecule has 0 amide bonds. The summed E-state index contributed by atoms with van der Waals surface area (Å²) in [4.78, 5) is 0. The molecule has 0 saturated heterocycles. The van der Waals surface area contributed by atoms with E-state index in [1.807, 2.05) is 0 Å². The molecule has 72 valence electrons. The molecule has 0 bridgehead atoms. The van der Waals surface area contributed by atoms with Crippen molar-refractivity contribution in [3.63, 3.8) is 0 Å². The van der Waals surface area contributed by atoms with Crippen LogP contribution >= 0.6 is 0 Å². The van der Waals surface area contributed by atoms with E-state index >= 15 is 0 Å². The van der Waals surface area contributed by atoms with Crippen molar-refractivity contribution in [2.75, 3.05) is 6.54 Å². The molecule has 1 aliphatic rings. The van der Waals surface area contributed by atoms with Gasteiger partial charge >= 0.3 is 0 Å². The Morgan fingerprint density at radius 3 is 1.67 bits per heavy atom. The summed E-state index contributed by atoms with van der Waals surface area (Å²) in [6.45, 7) is 12.5. The zero-order chi connectivity index (χ0) is 9.62. The fraction of sp³-hybridized carbons (Fsp3) is 1.00. The molecular weight excluding hydrogens is 146 g/mol. The van der Waals surface area contributed by atoms with Gasteiger partial charge in [0.25, 0.3) is 0 Å². The second-order valence-electron chi connectivity index (χ2n) is 6.25. The van der Waals surface area contributed by atoms with Crippen molar-refractivity contribution in [1.82, 2.24) is 0 Å². The van der Waals surface area contributed by atoms with Gasteiger partial charge in [-0.3, -0.25) is 0 Å². The van der Waals surface area contributed by atoms with Gasteiger partial charge in [0, 0.05) is 0 Å². The molecule has 0 unspecified atom stereocenters. The van der Waals surface area contributed by atoms with Crippen molar-refractivity contribution in [3.8, 4) is 0 Å². The number of hydrogen-bond donors (Lipinski definition) is 1. The van der Waals surface area contributed by atoms with Gasteiger partial charge in [-0.25, -0.2) is 0 Å². The predicted octanol–water partition coefficient (Wildman–Crippen LogP) is 2.80. The van der Waals surface area contributed by atoms with Gasteiger partial charge < -0.3 is 5.73 Å². The molecule has 0 aromatic carbocycles. The highest BCUT2D eigenvalue weighted by atomic mass is 14.7. The average molecular weight is 169 g/mol. The van der Waals surface area contributed by atoms with Crippen LogP contribution in [-0.2, 0) is 0 Å². The van der Waals surface area contributed by atoms with Crippen LogP contribution in [0.15, 0.2) is 0 Å². The lowest BCUT2D eigenvalue weighted by atomic mass is 9.46. The van der Waals surface area contributed by atoms with E-state index in [1.165, 1.54) is 12.8 Å². The van der Waals surface area contributed by atoms with Crippen LogP contribution in [-0.4, -0.2) is 6.54 Å². The molecule has 0 radical (unpaired) electrons. The van der Waals surface area contributed by atoms with E-state index in [0.29, 0.717) is 16.2 Å². The number of nitrogens with two attached hydrogens (primary N) is 1. The zero-order valence-electron chi connectivity index (χ0n) is 9.20. The fourth-order valence-electron chi connectivity index (χ4n) is 2.76. The van der Waals surface area contributed by atoms with Gasteiger partial charge in [-0.05, 0) is 35.6 Å². The molecule has 1 saturated carbocycles. The van der Waals surface area contributed by atoms with Gasteiger partial charge in [0.15, 0.2) is 0 Å². The van der Waals surface area contributed by atoms with E-state index in [4.69, 9.17) is 5.73 Å². The van der Waals surface area contributed by atoms with Crippen LogP contribution in [0.25, 0.3) is 0 Å². The Kier molecular flexibility index (Phi) is 2.07. The summed E-state index contributed by atoms with van der Waals surface area (Å²) in [5, 5.41) is 0. The molecular formula is C11H23N. The van der Waals surface area contributed by atoms with Crippen molar-refractivity contribution in [2.45, 2.75) is 47.5 Å². The third-order valence-corrected chi connectivity index (χ3v) is 3.62. The number of rotatable bonds is 1. The van der Waals surface area contributed by atoms with E-state index in [9.17, 15) is 0 Å². The van der Waals surface area contributed by atoms with Crippen LogP contribution < -0.4 is 5.73 Å². The Bertz CT molecular complexity index is 166. The first-order valence-corrected chi connectivity index (χ1v) is 4.93. The van der Waals surface area contributed by atoms with Gasteiger partial charge in [0.2, 0.25) is 0 Å². The molecule has 0 spiro atoms. The van der Waals surface area contributed by atoms with E-state index in [-0.39, 0.29) is 0 Å². The Balaban J connectivity index is 2.72. The standard InChI is InChI=1S/C11H23N/c1-9(2,3)11(8-12)6-10(4,5)7-11/h6-8,12H2,1-5H3. The minimum Gasteiger partial charge on any atom is -0.330 e. The molecule has 2 N–H and O–H groups in total. The molecule has 1 nitrogen and oxygen atoms in total. The molecule has 0 aromatic rings.